The maximum Gasteiger partial charge on any atom is 0.127 e. The third-order valence-electron chi connectivity index (χ3n) is 2.84. The first-order valence-electron chi connectivity index (χ1n) is 5.01. The Morgan fingerprint density at radius 3 is 2.53 bits per heavy atom. The molecule has 1 atom stereocenters. The zero-order valence-electron chi connectivity index (χ0n) is 8.99. The zero-order chi connectivity index (χ0) is 11.5. The van der Waals surface area contributed by atoms with Crippen LogP contribution in [0.2, 0.25) is 5.02 Å². The fourth-order valence-electron chi connectivity index (χ4n) is 1.39. The van der Waals surface area contributed by atoms with E-state index >= 15 is 0 Å². The van der Waals surface area contributed by atoms with Gasteiger partial charge in [-0.1, -0.05) is 31.5 Å². The molecule has 0 radical (unpaired) electrons. The van der Waals surface area contributed by atoms with Crippen LogP contribution in [0.3, 0.4) is 0 Å². The monoisotopic (exact) mass is 248 g/mol. The summed E-state index contributed by atoms with van der Waals surface area (Å²) in [4.78, 5) is 0. The van der Waals surface area contributed by atoms with Crippen LogP contribution < -0.4 is 0 Å². The molecule has 3 heteroatoms. The minimum absolute atomic E-state index is 0.0899. The van der Waals surface area contributed by atoms with Gasteiger partial charge in [-0.15, -0.1) is 11.6 Å². The molecule has 0 amide bonds. The summed E-state index contributed by atoms with van der Waals surface area (Å²) in [7, 11) is 0. The number of benzene rings is 1. The highest BCUT2D eigenvalue weighted by Crippen LogP contribution is 2.32. The van der Waals surface area contributed by atoms with Crippen molar-refractivity contribution >= 4 is 23.2 Å². The van der Waals surface area contributed by atoms with Crippen LogP contribution in [0.15, 0.2) is 18.2 Å². The van der Waals surface area contributed by atoms with Gasteiger partial charge in [0, 0.05) is 16.5 Å². The molecule has 0 N–H and O–H groups in total. The quantitative estimate of drug-likeness (QED) is 0.680. The van der Waals surface area contributed by atoms with E-state index in [4.69, 9.17) is 23.2 Å². The Hall–Kier alpha value is -0.270. The summed E-state index contributed by atoms with van der Waals surface area (Å²) in [6.07, 6.45) is 1.49. The van der Waals surface area contributed by atoms with Gasteiger partial charge in [-0.05, 0) is 30.4 Å². The lowest BCUT2D eigenvalue weighted by atomic mass is 9.83. The second kappa shape index (κ2) is 5.18. The highest BCUT2D eigenvalue weighted by molar-refractivity contribution is 6.31. The molecule has 0 aliphatic heterocycles. The van der Waals surface area contributed by atoms with E-state index in [1.807, 2.05) is 6.92 Å². The molecule has 84 valence electrons. The van der Waals surface area contributed by atoms with Crippen molar-refractivity contribution in [1.29, 1.82) is 0 Å². The summed E-state index contributed by atoms with van der Waals surface area (Å²) in [5.74, 6) is 0.265. The lowest BCUT2D eigenvalue weighted by Gasteiger charge is -2.26. The molecule has 0 aliphatic carbocycles. The summed E-state index contributed by atoms with van der Waals surface area (Å²) in [6.45, 7) is 4.10. The van der Waals surface area contributed by atoms with Crippen LogP contribution in [0.25, 0.3) is 0 Å². The second-order valence-corrected chi connectivity index (χ2v) is 4.85. The van der Waals surface area contributed by atoms with E-state index in [9.17, 15) is 4.39 Å². The van der Waals surface area contributed by atoms with Gasteiger partial charge in [0.25, 0.3) is 0 Å². The molecule has 0 bridgehead atoms. The van der Waals surface area contributed by atoms with Crippen LogP contribution in [0.1, 0.15) is 25.8 Å². The smallest absolute Gasteiger partial charge is 0.127 e. The van der Waals surface area contributed by atoms with Gasteiger partial charge in [0.15, 0.2) is 0 Å². The number of rotatable bonds is 4. The second-order valence-electron chi connectivity index (χ2n) is 4.17. The third-order valence-corrected chi connectivity index (χ3v) is 3.84. The Morgan fingerprint density at radius 2 is 2.07 bits per heavy atom. The maximum absolute atomic E-state index is 13.5. The molecule has 0 aliphatic rings. The van der Waals surface area contributed by atoms with Crippen molar-refractivity contribution < 1.29 is 4.39 Å². The van der Waals surface area contributed by atoms with E-state index < -0.39 is 0 Å². The molecule has 1 rings (SSSR count). The van der Waals surface area contributed by atoms with Crippen molar-refractivity contribution in [1.82, 2.24) is 0 Å². The average molecular weight is 249 g/mol. The van der Waals surface area contributed by atoms with Crippen molar-refractivity contribution in [3.05, 3.63) is 34.6 Å². The highest BCUT2D eigenvalue weighted by Gasteiger charge is 2.24. The van der Waals surface area contributed by atoms with Crippen LogP contribution in [0.4, 0.5) is 4.39 Å². The molecule has 15 heavy (non-hydrogen) atoms. The Kier molecular flexibility index (Phi) is 4.42. The molecular weight excluding hydrogens is 234 g/mol. The summed E-state index contributed by atoms with van der Waals surface area (Å²) in [5, 5.41) is 0.486. The predicted octanol–water partition coefficient (Wildman–Crippen LogP) is 4.68. The van der Waals surface area contributed by atoms with Crippen LogP contribution in [0.5, 0.6) is 0 Å². The zero-order valence-corrected chi connectivity index (χ0v) is 10.5. The van der Waals surface area contributed by atoms with E-state index in [0.717, 1.165) is 6.42 Å². The molecule has 0 saturated carbocycles. The van der Waals surface area contributed by atoms with Gasteiger partial charge < -0.3 is 0 Å². The maximum atomic E-state index is 13.5. The summed E-state index contributed by atoms with van der Waals surface area (Å²) >= 11 is 11.9. The molecule has 0 spiro atoms. The summed E-state index contributed by atoms with van der Waals surface area (Å²) in [6, 6.07) is 4.76. The standard InChI is InChI=1S/C12H15Cl2F/c1-3-12(2,8-13)7-9-10(14)5-4-6-11(9)15/h4-6H,3,7-8H2,1-2H3. The van der Waals surface area contributed by atoms with Crippen molar-refractivity contribution in [2.45, 2.75) is 26.7 Å². The van der Waals surface area contributed by atoms with E-state index in [2.05, 4.69) is 6.92 Å². The molecule has 1 aromatic carbocycles. The first-order valence-corrected chi connectivity index (χ1v) is 5.92. The largest absolute Gasteiger partial charge is 0.207 e. The SMILES string of the molecule is CCC(C)(CCl)Cc1c(F)cccc1Cl. The number of hydrogen-bond donors (Lipinski definition) is 0. The average Bonchev–Trinajstić information content (AvgIpc) is 2.23. The fraction of sp³-hybridized carbons (Fsp3) is 0.500. The summed E-state index contributed by atoms with van der Waals surface area (Å²) in [5.41, 5.74) is 0.483. The molecular formula is C12H15Cl2F. The van der Waals surface area contributed by atoms with Gasteiger partial charge in [-0.25, -0.2) is 4.39 Å². The van der Waals surface area contributed by atoms with Crippen LogP contribution >= 0.6 is 23.2 Å². The normalized spacial score (nSPS) is 15.0. The van der Waals surface area contributed by atoms with Crippen LogP contribution in [-0.4, -0.2) is 5.88 Å². The molecule has 0 saturated heterocycles. The Morgan fingerprint density at radius 1 is 1.40 bits per heavy atom. The van der Waals surface area contributed by atoms with E-state index in [1.54, 1.807) is 12.1 Å². The van der Waals surface area contributed by atoms with Gasteiger partial charge in [0.05, 0.1) is 0 Å². The Bertz CT molecular complexity index is 312. The van der Waals surface area contributed by atoms with Crippen LogP contribution in [-0.2, 0) is 6.42 Å². The first kappa shape index (κ1) is 12.8. The van der Waals surface area contributed by atoms with Gasteiger partial charge >= 0.3 is 0 Å². The molecule has 1 aromatic rings. The molecule has 1 unspecified atom stereocenters. The van der Waals surface area contributed by atoms with Crippen molar-refractivity contribution in [3.63, 3.8) is 0 Å². The van der Waals surface area contributed by atoms with Crippen molar-refractivity contribution in [2.75, 3.05) is 5.88 Å². The lowest BCUT2D eigenvalue weighted by Crippen LogP contribution is -2.21. The number of alkyl halides is 1. The molecule has 0 nitrogen and oxygen atoms in total. The Labute approximate surface area is 100 Å². The minimum Gasteiger partial charge on any atom is -0.207 e. The molecule has 0 heterocycles. The first-order chi connectivity index (χ1) is 7.02. The van der Waals surface area contributed by atoms with Gasteiger partial charge in [-0.2, -0.15) is 0 Å². The highest BCUT2D eigenvalue weighted by atomic mass is 35.5. The summed E-state index contributed by atoms with van der Waals surface area (Å²) < 4.78 is 13.5. The number of halogens is 3. The van der Waals surface area contributed by atoms with Gasteiger partial charge in [0.2, 0.25) is 0 Å². The Balaban J connectivity index is 2.98. The van der Waals surface area contributed by atoms with Crippen molar-refractivity contribution in [2.24, 2.45) is 5.41 Å². The topological polar surface area (TPSA) is 0 Å². The predicted molar refractivity (Wildman–Crippen MR) is 64.2 cm³/mol. The number of hydrogen-bond acceptors (Lipinski definition) is 0. The van der Waals surface area contributed by atoms with E-state index in [-0.39, 0.29) is 11.2 Å². The molecule has 0 aromatic heterocycles. The van der Waals surface area contributed by atoms with E-state index in [0.29, 0.717) is 22.9 Å². The van der Waals surface area contributed by atoms with Gasteiger partial charge in [-0.3, -0.25) is 0 Å². The van der Waals surface area contributed by atoms with E-state index in [1.165, 1.54) is 6.07 Å². The molecule has 0 fully saturated rings. The fourth-order valence-corrected chi connectivity index (χ4v) is 1.91. The lowest BCUT2D eigenvalue weighted by molar-refractivity contribution is 0.350. The van der Waals surface area contributed by atoms with Gasteiger partial charge in [0.1, 0.15) is 5.82 Å². The van der Waals surface area contributed by atoms with Crippen molar-refractivity contribution in [3.8, 4) is 0 Å². The minimum atomic E-state index is -0.243. The van der Waals surface area contributed by atoms with Crippen LogP contribution in [0, 0.1) is 11.2 Å². The third kappa shape index (κ3) is 3.09.